The van der Waals surface area contributed by atoms with Crippen LogP contribution >= 0.6 is 11.8 Å². The van der Waals surface area contributed by atoms with Crippen LogP contribution in [0.15, 0.2) is 70.9 Å². The maximum atomic E-state index is 14.6. The zero-order valence-electron chi connectivity index (χ0n) is 39.3. The first-order valence-electron chi connectivity index (χ1n) is 22.8. The van der Waals surface area contributed by atoms with Crippen molar-refractivity contribution < 1.29 is 28.7 Å². The highest BCUT2D eigenvalue weighted by Crippen LogP contribution is 2.41. The molecule has 2 aliphatic rings. The van der Waals surface area contributed by atoms with Crippen molar-refractivity contribution in [1.82, 2.24) is 30.2 Å². The summed E-state index contributed by atoms with van der Waals surface area (Å²) >= 11 is 1.76. The fourth-order valence-electron chi connectivity index (χ4n) is 8.95. The molecule has 4 aromatic rings. The molecular formula is C50H66N8O6S. The van der Waals surface area contributed by atoms with Crippen molar-refractivity contribution in [3.8, 4) is 22.4 Å². The fraction of sp³-hybridized carbons (Fsp3) is 0.520. The fourth-order valence-corrected chi connectivity index (χ4v) is 9.37. The van der Waals surface area contributed by atoms with E-state index in [1.54, 1.807) is 32.1 Å². The standard InChI is InChI=1S/C50H66N8O6S/c1-9-57-43-17-16-36-27-38(43)39(46(57)40-29-51-21-18-37(40)30-63-7)28-50(4,5)31-64-49(62)41-15-11-23-58(55-41)48(61)42(26-34-13-10-14-35(36)25-34)54-47(60)45(33(2)3)56(6)44(59)19-22-53-32-52-20-12-24-65-8/h10,13-14,16-18,21,25,27,29,33,41-42,45,55H,9,11-12,15,19-20,22-24,26,28,30-31H2,1-8H3,(H,54,60)/t41-,42-,45?/m0/s1. The van der Waals surface area contributed by atoms with E-state index >= 15 is 0 Å². The molecule has 0 radical (unpaired) electrons. The molecular weight excluding hydrogens is 841 g/mol. The van der Waals surface area contributed by atoms with E-state index < -0.39 is 35.4 Å². The van der Waals surface area contributed by atoms with Crippen LogP contribution in [0.1, 0.15) is 77.0 Å². The summed E-state index contributed by atoms with van der Waals surface area (Å²) in [5.74, 6) is -0.787. The van der Waals surface area contributed by atoms with Crippen LogP contribution < -0.4 is 10.7 Å². The lowest BCUT2D eigenvalue weighted by Gasteiger charge is -2.36. The van der Waals surface area contributed by atoms with E-state index in [9.17, 15) is 19.2 Å². The number of carbonyl (C=O) groups excluding carboxylic acids is 4. The number of hydrazine groups is 1. The zero-order valence-corrected chi connectivity index (χ0v) is 40.1. The van der Waals surface area contributed by atoms with Gasteiger partial charge < -0.3 is 24.3 Å². The van der Waals surface area contributed by atoms with Crippen LogP contribution in [0, 0.1) is 11.3 Å². The van der Waals surface area contributed by atoms with E-state index in [4.69, 9.17) is 9.47 Å². The molecule has 4 heterocycles. The Morgan fingerprint density at radius 1 is 1.12 bits per heavy atom. The second-order valence-corrected chi connectivity index (χ2v) is 19.1. The van der Waals surface area contributed by atoms with Gasteiger partial charge in [0.15, 0.2) is 0 Å². The number of thioether (sulfide) groups is 1. The van der Waals surface area contributed by atoms with Gasteiger partial charge in [0, 0.05) is 74.4 Å². The van der Waals surface area contributed by atoms with E-state index in [0.29, 0.717) is 45.5 Å². The summed E-state index contributed by atoms with van der Waals surface area (Å²) in [6.07, 6.45) is 8.58. The first kappa shape index (κ1) is 49.1. The number of aromatic nitrogens is 2. The average Bonchev–Trinajstić information content (AvgIpc) is 3.59. The summed E-state index contributed by atoms with van der Waals surface area (Å²) in [5, 5.41) is 5.59. The summed E-state index contributed by atoms with van der Waals surface area (Å²) < 4.78 is 14.1. The minimum atomic E-state index is -1.02. The van der Waals surface area contributed by atoms with Crippen molar-refractivity contribution >= 4 is 52.4 Å². The molecule has 1 saturated heterocycles. The minimum absolute atomic E-state index is 0.0813. The summed E-state index contributed by atoms with van der Waals surface area (Å²) in [4.78, 5) is 70.6. The Bertz CT molecular complexity index is 2390. The lowest BCUT2D eigenvalue weighted by Crippen LogP contribution is -2.62. The van der Waals surface area contributed by atoms with Crippen molar-refractivity contribution in [1.29, 1.82) is 0 Å². The Labute approximate surface area is 388 Å². The van der Waals surface area contributed by atoms with Gasteiger partial charge in [-0.2, -0.15) is 11.8 Å². The van der Waals surface area contributed by atoms with Gasteiger partial charge in [0.1, 0.15) is 18.1 Å². The smallest absolute Gasteiger partial charge is 0.324 e. The van der Waals surface area contributed by atoms with Gasteiger partial charge in [0.2, 0.25) is 11.8 Å². The van der Waals surface area contributed by atoms with Gasteiger partial charge in [0.05, 0.1) is 38.0 Å². The molecule has 0 aliphatic carbocycles. The van der Waals surface area contributed by atoms with Gasteiger partial charge in [-0.3, -0.25) is 29.2 Å². The molecule has 15 heteroatoms. The van der Waals surface area contributed by atoms with Crippen molar-refractivity contribution in [3.63, 3.8) is 0 Å². The zero-order chi connectivity index (χ0) is 46.7. The largest absolute Gasteiger partial charge is 0.464 e. The normalized spacial score (nSPS) is 18.1. The lowest BCUT2D eigenvalue weighted by molar-refractivity contribution is -0.155. The van der Waals surface area contributed by atoms with Crippen LogP contribution in [0.2, 0.25) is 0 Å². The van der Waals surface area contributed by atoms with E-state index in [1.165, 1.54) is 9.91 Å². The van der Waals surface area contributed by atoms with Crippen LogP contribution in [-0.4, -0.2) is 120 Å². The van der Waals surface area contributed by atoms with Gasteiger partial charge in [-0.05, 0) is 96.5 Å². The average molecular weight is 907 g/mol. The summed E-state index contributed by atoms with van der Waals surface area (Å²) in [6.45, 7) is 12.6. The quantitative estimate of drug-likeness (QED) is 0.0729. The van der Waals surface area contributed by atoms with Gasteiger partial charge >= 0.3 is 5.97 Å². The van der Waals surface area contributed by atoms with Crippen molar-refractivity contribution in [3.05, 3.63) is 77.6 Å². The number of aliphatic imine (C=N–C) groups is 2. The number of rotatable bonds is 15. The molecule has 6 rings (SSSR count). The number of aryl methyl sites for hydroxylation is 1. The van der Waals surface area contributed by atoms with Crippen molar-refractivity contribution in [2.75, 3.05) is 52.4 Å². The van der Waals surface area contributed by atoms with Crippen LogP contribution in [0.25, 0.3) is 33.3 Å². The van der Waals surface area contributed by atoms with Crippen molar-refractivity contribution in [2.45, 2.75) is 104 Å². The monoisotopic (exact) mass is 906 g/mol. The summed E-state index contributed by atoms with van der Waals surface area (Å²) in [7, 11) is 3.31. The summed E-state index contributed by atoms with van der Waals surface area (Å²) in [6, 6.07) is 16.6. The number of likely N-dealkylation sites (N-methyl/N-ethyl adjacent to an activating group) is 1. The number of benzene rings is 2. The molecule has 0 spiro atoms. The van der Waals surface area contributed by atoms with Crippen LogP contribution in [0.4, 0.5) is 0 Å². The number of nitrogens with one attached hydrogen (secondary N) is 2. The topological polar surface area (TPSA) is 160 Å². The number of hydrogen-bond donors (Lipinski definition) is 2. The molecule has 3 amide bonds. The third-order valence-corrected chi connectivity index (χ3v) is 12.9. The molecule has 0 saturated carbocycles. The Morgan fingerprint density at radius 2 is 1.91 bits per heavy atom. The second kappa shape index (κ2) is 22.7. The number of carbonyl (C=O) groups is 4. The molecule has 1 unspecified atom stereocenters. The predicted octanol–water partition coefficient (Wildman–Crippen LogP) is 6.99. The predicted molar refractivity (Wildman–Crippen MR) is 258 cm³/mol. The minimum Gasteiger partial charge on any atom is -0.464 e. The summed E-state index contributed by atoms with van der Waals surface area (Å²) in [5.41, 5.74) is 10.8. The highest BCUT2D eigenvalue weighted by Gasteiger charge is 2.37. The molecule has 14 nitrogen and oxygen atoms in total. The number of cyclic esters (lactones) is 1. The number of hydrogen-bond acceptors (Lipinski definition) is 11. The molecule has 65 heavy (non-hydrogen) atoms. The first-order chi connectivity index (χ1) is 31.3. The highest BCUT2D eigenvalue weighted by atomic mass is 32.2. The third kappa shape index (κ3) is 12.1. The number of fused-ring (bicyclic) bond motifs is 6. The molecule has 3 atom stereocenters. The molecule has 2 aliphatic heterocycles. The number of esters is 1. The van der Waals surface area contributed by atoms with Crippen LogP contribution in [0.3, 0.4) is 0 Å². The van der Waals surface area contributed by atoms with E-state index in [2.05, 4.69) is 87.4 Å². The maximum Gasteiger partial charge on any atom is 0.324 e. The molecule has 1 fully saturated rings. The Balaban J connectivity index is 1.37. The Kier molecular flexibility index (Phi) is 17.2. The molecule has 2 aromatic carbocycles. The number of nitrogens with zero attached hydrogens (tertiary/aromatic N) is 6. The van der Waals surface area contributed by atoms with Crippen LogP contribution in [-0.2, 0) is 54.6 Å². The van der Waals surface area contributed by atoms with E-state index in [1.807, 2.05) is 44.5 Å². The Morgan fingerprint density at radius 3 is 2.66 bits per heavy atom. The van der Waals surface area contributed by atoms with E-state index in [0.717, 1.165) is 62.2 Å². The molecule has 2 N–H and O–H groups in total. The number of amides is 3. The Hall–Kier alpha value is -5.34. The third-order valence-electron chi connectivity index (χ3n) is 12.2. The van der Waals surface area contributed by atoms with Crippen molar-refractivity contribution in [2.24, 2.45) is 21.3 Å². The lowest BCUT2D eigenvalue weighted by atomic mass is 9.84. The molecule has 348 valence electrons. The van der Waals surface area contributed by atoms with Gasteiger partial charge in [-0.25, -0.2) is 15.4 Å². The van der Waals surface area contributed by atoms with E-state index in [-0.39, 0.29) is 43.7 Å². The maximum absolute atomic E-state index is 14.6. The van der Waals surface area contributed by atoms with Gasteiger partial charge in [-0.15, -0.1) is 0 Å². The number of methoxy groups -OCH3 is 1. The number of ether oxygens (including phenoxy) is 2. The molecule has 2 aromatic heterocycles. The van der Waals surface area contributed by atoms with Crippen LogP contribution in [0.5, 0.6) is 0 Å². The SMILES string of the molecule is CCn1c(-c2cnccc2COC)c2c3cc(ccc31)-c1cccc(c1)C[C@H](NC(=O)C(C(C)C)N(C)C(=O)CCN=C=NCCCSC)C(=O)N1CCC[C@H](N1)C(=O)OCC(C)(C)C2. The highest BCUT2D eigenvalue weighted by molar-refractivity contribution is 7.98. The van der Waals surface area contributed by atoms with Gasteiger partial charge in [0.25, 0.3) is 5.91 Å². The first-order valence-corrected chi connectivity index (χ1v) is 24.2. The number of pyridine rings is 1. The molecule has 6 bridgehead atoms. The van der Waals surface area contributed by atoms with Gasteiger partial charge in [-0.1, -0.05) is 58.0 Å². The second-order valence-electron chi connectivity index (χ2n) is 18.2.